The van der Waals surface area contributed by atoms with Crippen molar-refractivity contribution in [2.45, 2.75) is 0 Å². The number of aromatic amines is 1. The van der Waals surface area contributed by atoms with Crippen molar-refractivity contribution in [2.75, 3.05) is 31.2 Å². The van der Waals surface area contributed by atoms with Gasteiger partial charge in [0, 0.05) is 24.8 Å². The van der Waals surface area contributed by atoms with E-state index < -0.39 is 0 Å². The molecule has 1 saturated heterocycles. The summed E-state index contributed by atoms with van der Waals surface area (Å²) in [5.41, 5.74) is 2.84. The molecular formula is C14H13ClN6O. The fourth-order valence-corrected chi connectivity index (χ4v) is 2.68. The molecule has 22 heavy (non-hydrogen) atoms. The van der Waals surface area contributed by atoms with Gasteiger partial charge in [-0.25, -0.2) is 15.0 Å². The van der Waals surface area contributed by atoms with Crippen LogP contribution in [0.5, 0.6) is 0 Å². The van der Waals surface area contributed by atoms with Gasteiger partial charge >= 0.3 is 0 Å². The number of nitrogens with zero attached hydrogens (tertiary/aromatic N) is 5. The van der Waals surface area contributed by atoms with Gasteiger partial charge in [-0.1, -0.05) is 0 Å². The summed E-state index contributed by atoms with van der Waals surface area (Å²) in [6, 6.07) is 3.96. The summed E-state index contributed by atoms with van der Waals surface area (Å²) in [4.78, 5) is 22.3. The Bertz CT molecular complexity index is 797. The van der Waals surface area contributed by atoms with Crippen LogP contribution < -0.4 is 4.90 Å². The van der Waals surface area contributed by atoms with E-state index in [-0.39, 0.29) is 5.28 Å². The van der Waals surface area contributed by atoms with Crippen LogP contribution in [-0.4, -0.2) is 51.2 Å². The lowest BCUT2D eigenvalue weighted by molar-refractivity contribution is 0.122. The average Bonchev–Trinajstić information content (AvgIpc) is 3.03. The molecule has 0 bridgehead atoms. The SMILES string of the molecule is Clc1nc(-c2ccc(N3CCOCC3)nc2)c2nc[nH]c2n1. The van der Waals surface area contributed by atoms with Gasteiger partial charge in [-0.15, -0.1) is 0 Å². The molecule has 0 aliphatic carbocycles. The first-order valence-electron chi connectivity index (χ1n) is 6.97. The summed E-state index contributed by atoms with van der Waals surface area (Å²) in [7, 11) is 0. The Hall–Kier alpha value is -2.25. The molecule has 1 N–H and O–H groups in total. The number of hydrogen-bond acceptors (Lipinski definition) is 6. The molecule has 8 heteroatoms. The van der Waals surface area contributed by atoms with Crippen LogP contribution in [-0.2, 0) is 4.74 Å². The van der Waals surface area contributed by atoms with Gasteiger partial charge in [0.15, 0.2) is 5.65 Å². The van der Waals surface area contributed by atoms with Crippen LogP contribution >= 0.6 is 11.6 Å². The second-order valence-electron chi connectivity index (χ2n) is 4.95. The lowest BCUT2D eigenvalue weighted by Crippen LogP contribution is -2.36. The minimum Gasteiger partial charge on any atom is -0.378 e. The Balaban J connectivity index is 1.71. The van der Waals surface area contributed by atoms with E-state index >= 15 is 0 Å². The van der Waals surface area contributed by atoms with Crippen molar-refractivity contribution in [1.82, 2.24) is 24.9 Å². The summed E-state index contributed by atoms with van der Waals surface area (Å²) in [5, 5.41) is 0.184. The maximum absolute atomic E-state index is 5.97. The third-order valence-corrected chi connectivity index (χ3v) is 3.78. The molecule has 1 fully saturated rings. The number of ether oxygens (including phenoxy) is 1. The minimum absolute atomic E-state index is 0.184. The number of rotatable bonds is 2. The van der Waals surface area contributed by atoms with Crippen LogP contribution in [0.3, 0.4) is 0 Å². The van der Waals surface area contributed by atoms with Crippen molar-refractivity contribution in [3.05, 3.63) is 29.9 Å². The summed E-state index contributed by atoms with van der Waals surface area (Å²) in [5.74, 6) is 0.936. The Morgan fingerprint density at radius 3 is 2.77 bits per heavy atom. The van der Waals surface area contributed by atoms with Crippen LogP contribution in [0.4, 0.5) is 5.82 Å². The van der Waals surface area contributed by atoms with Crippen LogP contribution in [0.1, 0.15) is 0 Å². The van der Waals surface area contributed by atoms with Crippen molar-refractivity contribution >= 4 is 28.6 Å². The number of morpholine rings is 1. The molecule has 0 unspecified atom stereocenters. The lowest BCUT2D eigenvalue weighted by Gasteiger charge is -2.27. The molecule has 7 nitrogen and oxygen atoms in total. The number of anilines is 1. The first-order valence-corrected chi connectivity index (χ1v) is 7.35. The number of nitrogens with one attached hydrogen (secondary N) is 1. The van der Waals surface area contributed by atoms with Gasteiger partial charge in [0.2, 0.25) is 5.28 Å². The molecule has 0 saturated carbocycles. The highest BCUT2D eigenvalue weighted by atomic mass is 35.5. The van der Waals surface area contributed by atoms with Crippen molar-refractivity contribution < 1.29 is 4.74 Å². The third-order valence-electron chi connectivity index (χ3n) is 3.61. The largest absolute Gasteiger partial charge is 0.378 e. The van der Waals surface area contributed by atoms with Gasteiger partial charge in [0.05, 0.1) is 19.5 Å². The van der Waals surface area contributed by atoms with E-state index in [0.29, 0.717) is 16.9 Å². The van der Waals surface area contributed by atoms with Crippen LogP contribution in [0.15, 0.2) is 24.7 Å². The zero-order chi connectivity index (χ0) is 14.9. The van der Waals surface area contributed by atoms with Gasteiger partial charge in [0.25, 0.3) is 0 Å². The second-order valence-corrected chi connectivity index (χ2v) is 5.28. The minimum atomic E-state index is 0.184. The van der Waals surface area contributed by atoms with E-state index in [1.165, 1.54) is 0 Å². The average molecular weight is 317 g/mol. The second kappa shape index (κ2) is 5.51. The maximum atomic E-state index is 5.97. The number of halogens is 1. The summed E-state index contributed by atoms with van der Waals surface area (Å²) in [6.45, 7) is 3.18. The van der Waals surface area contributed by atoms with E-state index in [9.17, 15) is 0 Å². The summed E-state index contributed by atoms with van der Waals surface area (Å²) >= 11 is 5.97. The number of hydrogen-bond donors (Lipinski definition) is 1. The van der Waals surface area contributed by atoms with Crippen LogP contribution in [0.2, 0.25) is 5.28 Å². The smallest absolute Gasteiger partial charge is 0.225 e. The van der Waals surface area contributed by atoms with Gasteiger partial charge in [-0.2, -0.15) is 4.98 Å². The zero-order valence-electron chi connectivity index (χ0n) is 11.7. The number of imidazole rings is 1. The Kier molecular flexibility index (Phi) is 3.36. The molecule has 0 atom stereocenters. The quantitative estimate of drug-likeness (QED) is 0.727. The molecule has 0 spiro atoms. The summed E-state index contributed by atoms with van der Waals surface area (Å²) in [6.07, 6.45) is 3.37. The predicted octanol–water partition coefficient (Wildman–Crippen LogP) is 1.90. The van der Waals surface area contributed by atoms with E-state index in [1.807, 2.05) is 12.1 Å². The molecule has 112 valence electrons. The molecule has 3 aromatic heterocycles. The number of pyridine rings is 1. The normalized spacial score (nSPS) is 15.4. The van der Waals surface area contributed by atoms with Crippen molar-refractivity contribution in [1.29, 1.82) is 0 Å². The molecular weight excluding hydrogens is 304 g/mol. The van der Waals surface area contributed by atoms with Gasteiger partial charge in [-0.05, 0) is 23.7 Å². The number of fused-ring (bicyclic) bond motifs is 1. The monoisotopic (exact) mass is 316 g/mol. The highest BCUT2D eigenvalue weighted by Gasteiger charge is 2.14. The first kappa shape index (κ1) is 13.4. The number of aromatic nitrogens is 5. The molecule has 4 rings (SSSR count). The zero-order valence-corrected chi connectivity index (χ0v) is 12.4. The summed E-state index contributed by atoms with van der Waals surface area (Å²) < 4.78 is 5.35. The fourth-order valence-electron chi connectivity index (χ4n) is 2.52. The Morgan fingerprint density at radius 2 is 2.00 bits per heavy atom. The predicted molar refractivity (Wildman–Crippen MR) is 83.0 cm³/mol. The molecule has 1 aliphatic heterocycles. The van der Waals surface area contributed by atoms with Gasteiger partial charge < -0.3 is 14.6 Å². The highest BCUT2D eigenvalue weighted by Crippen LogP contribution is 2.26. The molecule has 0 amide bonds. The van der Waals surface area contributed by atoms with Crippen LogP contribution in [0, 0.1) is 0 Å². The molecule has 0 radical (unpaired) electrons. The van der Waals surface area contributed by atoms with Gasteiger partial charge in [0.1, 0.15) is 17.0 Å². The maximum Gasteiger partial charge on any atom is 0.225 e. The standard InChI is InChI=1S/C14H13ClN6O/c15-14-19-11(12-13(20-14)18-8-17-12)9-1-2-10(16-7-9)21-3-5-22-6-4-21/h1-2,7-8H,3-6H2,(H,17,18,19,20). The first-order chi connectivity index (χ1) is 10.8. The van der Waals surface area contributed by atoms with E-state index in [4.69, 9.17) is 16.3 Å². The highest BCUT2D eigenvalue weighted by molar-refractivity contribution is 6.28. The topological polar surface area (TPSA) is 79.8 Å². The molecule has 0 aromatic carbocycles. The van der Waals surface area contributed by atoms with E-state index in [2.05, 4.69) is 29.8 Å². The van der Waals surface area contributed by atoms with E-state index in [1.54, 1.807) is 12.5 Å². The fraction of sp³-hybridized carbons (Fsp3) is 0.286. The van der Waals surface area contributed by atoms with Crippen molar-refractivity contribution in [2.24, 2.45) is 0 Å². The third kappa shape index (κ3) is 2.38. The van der Waals surface area contributed by atoms with Crippen molar-refractivity contribution in [3.8, 4) is 11.3 Å². The Labute approximate surface area is 131 Å². The molecule has 4 heterocycles. The Morgan fingerprint density at radius 1 is 1.14 bits per heavy atom. The molecule has 1 aliphatic rings. The van der Waals surface area contributed by atoms with Crippen molar-refractivity contribution in [3.63, 3.8) is 0 Å². The van der Waals surface area contributed by atoms with E-state index in [0.717, 1.165) is 37.7 Å². The van der Waals surface area contributed by atoms with Gasteiger partial charge in [-0.3, -0.25) is 0 Å². The number of H-pyrrole nitrogens is 1. The van der Waals surface area contributed by atoms with Crippen LogP contribution in [0.25, 0.3) is 22.4 Å². The lowest BCUT2D eigenvalue weighted by atomic mass is 10.2. The molecule has 3 aromatic rings.